The monoisotopic (exact) mass is 282 g/mol. The van der Waals surface area contributed by atoms with E-state index >= 15 is 0 Å². The summed E-state index contributed by atoms with van der Waals surface area (Å²) in [6.07, 6.45) is 1.37. The Bertz CT molecular complexity index is 440. The van der Waals surface area contributed by atoms with E-state index in [0.717, 1.165) is 12.8 Å². The van der Waals surface area contributed by atoms with Gasteiger partial charge < -0.3 is 14.9 Å². The van der Waals surface area contributed by atoms with Gasteiger partial charge in [-0.25, -0.2) is 4.79 Å². The van der Waals surface area contributed by atoms with Crippen molar-refractivity contribution in [2.45, 2.75) is 51.2 Å². The van der Waals surface area contributed by atoms with Crippen molar-refractivity contribution in [3.63, 3.8) is 0 Å². The van der Waals surface area contributed by atoms with Gasteiger partial charge in [0, 0.05) is 17.9 Å². The van der Waals surface area contributed by atoms with E-state index in [2.05, 4.69) is 6.58 Å². The lowest BCUT2D eigenvalue weighted by molar-refractivity contribution is -0.162. The molecule has 1 saturated carbocycles. The summed E-state index contributed by atoms with van der Waals surface area (Å²) < 4.78 is 5.32. The van der Waals surface area contributed by atoms with Crippen molar-refractivity contribution in [3.8, 4) is 0 Å². The number of ether oxygens (including phenoxy) is 1. The van der Waals surface area contributed by atoms with E-state index in [9.17, 15) is 14.7 Å². The van der Waals surface area contributed by atoms with E-state index in [4.69, 9.17) is 9.84 Å². The summed E-state index contributed by atoms with van der Waals surface area (Å²) in [5.41, 5.74) is -0.785. The molecule has 2 N–H and O–H groups in total. The first-order valence-electron chi connectivity index (χ1n) is 7.09. The highest BCUT2D eigenvalue weighted by Gasteiger charge is 2.54. The molecule has 5 heteroatoms. The largest absolute Gasteiger partial charge is 0.481 e. The number of fused-ring (bicyclic) bond motifs is 1. The minimum Gasteiger partial charge on any atom is -0.481 e. The minimum absolute atomic E-state index is 0.0113. The number of aliphatic carboxylic acids is 1. The fourth-order valence-corrected chi connectivity index (χ4v) is 3.75. The highest BCUT2D eigenvalue weighted by atomic mass is 16.6. The predicted octanol–water partition coefficient (Wildman–Crippen LogP) is 1.75. The van der Waals surface area contributed by atoms with Crippen LogP contribution in [0.3, 0.4) is 0 Å². The van der Waals surface area contributed by atoms with Gasteiger partial charge in [0.25, 0.3) is 0 Å². The van der Waals surface area contributed by atoms with E-state index in [1.54, 1.807) is 6.92 Å². The van der Waals surface area contributed by atoms with Gasteiger partial charge in [-0.15, -0.1) is 0 Å². The summed E-state index contributed by atoms with van der Waals surface area (Å²) in [6, 6.07) is 0. The molecule has 0 aromatic carbocycles. The van der Waals surface area contributed by atoms with E-state index < -0.39 is 23.6 Å². The first-order chi connectivity index (χ1) is 9.25. The second-order valence-electron chi connectivity index (χ2n) is 6.28. The van der Waals surface area contributed by atoms with Gasteiger partial charge in [-0.05, 0) is 38.0 Å². The van der Waals surface area contributed by atoms with Gasteiger partial charge in [0.2, 0.25) is 0 Å². The normalized spacial score (nSPS) is 41.0. The molecule has 1 aliphatic carbocycles. The average molecular weight is 282 g/mol. The van der Waals surface area contributed by atoms with Crippen molar-refractivity contribution in [2.24, 2.45) is 17.8 Å². The molecule has 20 heavy (non-hydrogen) atoms. The SMILES string of the molecule is C=C1C(=O)O[C@@H]2[C@H]1CC[C@H](C)[C@H](CCC(=O)O)[C@@]2(C)O. The quantitative estimate of drug-likeness (QED) is 0.608. The highest BCUT2D eigenvalue weighted by Crippen LogP contribution is 2.47. The van der Waals surface area contributed by atoms with Gasteiger partial charge in [-0.2, -0.15) is 0 Å². The van der Waals surface area contributed by atoms with Crippen LogP contribution in [-0.2, 0) is 14.3 Å². The Morgan fingerprint density at radius 2 is 2.15 bits per heavy atom. The van der Waals surface area contributed by atoms with Crippen molar-refractivity contribution < 1.29 is 24.5 Å². The number of carbonyl (C=O) groups excluding carboxylic acids is 1. The van der Waals surface area contributed by atoms with Crippen LogP contribution in [0.1, 0.15) is 39.5 Å². The van der Waals surface area contributed by atoms with E-state index in [1.807, 2.05) is 6.92 Å². The Morgan fingerprint density at radius 3 is 2.75 bits per heavy atom. The summed E-state index contributed by atoms with van der Waals surface area (Å²) in [5.74, 6) is -1.49. The summed E-state index contributed by atoms with van der Waals surface area (Å²) in [4.78, 5) is 22.5. The van der Waals surface area contributed by atoms with Gasteiger partial charge >= 0.3 is 11.9 Å². The second kappa shape index (κ2) is 5.20. The Kier molecular flexibility index (Phi) is 3.91. The third-order valence-electron chi connectivity index (χ3n) is 4.93. The van der Waals surface area contributed by atoms with Crippen LogP contribution in [0.25, 0.3) is 0 Å². The van der Waals surface area contributed by atoms with Gasteiger partial charge in [0.1, 0.15) is 11.7 Å². The summed E-state index contributed by atoms with van der Waals surface area (Å²) in [5, 5.41) is 19.8. The van der Waals surface area contributed by atoms with Gasteiger partial charge in [0.15, 0.2) is 0 Å². The third-order valence-corrected chi connectivity index (χ3v) is 4.93. The molecule has 0 bridgehead atoms. The molecule has 5 atom stereocenters. The maximum Gasteiger partial charge on any atom is 0.334 e. The molecule has 1 heterocycles. The Balaban J connectivity index is 2.26. The number of hydrogen-bond acceptors (Lipinski definition) is 4. The first kappa shape index (κ1) is 15.0. The molecule has 0 unspecified atom stereocenters. The maximum absolute atomic E-state index is 11.7. The van der Waals surface area contributed by atoms with Crippen LogP contribution in [0.5, 0.6) is 0 Å². The molecular formula is C15H22O5. The molecular weight excluding hydrogens is 260 g/mol. The zero-order valence-corrected chi connectivity index (χ0v) is 12.0. The van der Waals surface area contributed by atoms with Crippen LogP contribution >= 0.6 is 0 Å². The number of aliphatic hydroxyl groups is 1. The lowest BCUT2D eigenvalue weighted by Gasteiger charge is -2.38. The van der Waals surface area contributed by atoms with Crippen LogP contribution < -0.4 is 0 Å². The maximum atomic E-state index is 11.7. The first-order valence-corrected chi connectivity index (χ1v) is 7.09. The Morgan fingerprint density at radius 1 is 1.50 bits per heavy atom. The fraction of sp³-hybridized carbons (Fsp3) is 0.733. The molecule has 2 fully saturated rings. The summed E-state index contributed by atoms with van der Waals surface area (Å²) in [6.45, 7) is 7.45. The van der Waals surface area contributed by atoms with E-state index in [0.29, 0.717) is 12.0 Å². The molecule has 0 amide bonds. The van der Waals surface area contributed by atoms with Crippen molar-refractivity contribution in [1.29, 1.82) is 0 Å². The number of rotatable bonds is 3. The summed E-state index contributed by atoms with van der Waals surface area (Å²) >= 11 is 0. The average Bonchev–Trinajstić information content (AvgIpc) is 2.58. The lowest BCUT2D eigenvalue weighted by atomic mass is 9.74. The highest BCUT2D eigenvalue weighted by molar-refractivity contribution is 5.91. The third kappa shape index (κ3) is 2.46. The van der Waals surface area contributed by atoms with Crippen LogP contribution in [0.2, 0.25) is 0 Å². The van der Waals surface area contributed by atoms with Crippen molar-refractivity contribution in [2.75, 3.05) is 0 Å². The molecule has 0 spiro atoms. The predicted molar refractivity (Wildman–Crippen MR) is 71.9 cm³/mol. The molecule has 5 nitrogen and oxygen atoms in total. The zero-order valence-electron chi connectivity index (χ0n) is 12.0. The van der Waals surface area contributed by atoms with E-state index in [1.165, 1.54) is 0 Å². The fourth-order valence-electron chi connectivity index (χ4n) is 3.75. The van der Waals surface area contributed by atoms with Crippen molar-refractivity contribution >= 4 is 11.9 Å². The van der Waals surface area contributed by atoms with Crippen LogP contribution in [0, 0.1) is 17.8 Å². The molecule has 0 aromatic rings. The Labute approximate surface area is 118 Å². The number of hydrogen-bond donors (Lipinski definition) is 2. The van der Waals surface area contributed by atoms with Crippen LogP contribution in [0.15, 0.2) is 12.2 Å². The molecule has 112 valence electrons. The standard InChI is InChI=1S/C15H22O5/c1-8-4-5-10-9(2)14(18)20-13(10)15(3,19)11(8)6-7-12(16)17/h8,10-11,13,19H,2,4-7H2,1,3H3,(H,16,17)/t8-,10-,11-,13+,15+/m0/s1. The molecule has 2 rings (SSSR count). The molecule has 0 radical (unpaired) electrons. The van der Waals surface area contributed by atoms with Gasteiger partial charge in [-0.3, -0.25) is 4.79 Å². The van der Waals surface area contributed by atoms with Gasteiger partial charge in [-0.1, -0.05) is 13.5 Å². The van der Waals surface area contributed by atoms with Crippen LogP contribution in [0.4, 0.5) is 0 Å². The van der Waals surface area contributed by atoms with Gasteiger partial charge in [0.05, 0.1) is 0 Å². The second-order valence-corrected chi connectivity index (χ2v) is 6.28. The Hall–Kier alpha value is -1.36. The van der Waals surface area contributed by atoms with Crippen molar-refractivity contribution in [3.05, 3.63) is 12.2 Å². The number of carboxylic acid groups (broad SMARTS) is 1. The molecule has 1 saturated heterocycles. The summed E-state index contributed by atoms with van der Waals surface area (Å²) in [7, 11) is 0. The van der Waals surface area contributed by atoms with Crippen molar-refractivity contribution in [1.82, 2.24) is 0 Å². The smallest absolute Gasteiger partial charge is 0.334 e. The zero-order chi connectivity index (χ0) is 15.1. The van der Waals surface area contributed by atoms with E-state index in [-0.39, 0.29) is 24.2 Å². The topological polar surface area (TPSA) is 83.8 Å². The number of esters is 1. The lowest BCUT2D eigenvalue weighted by Crippen LogP contribution is -2.49. The molecule has 1 aliphatic heterocycles. The molecule has 0 aromatic heterocycles. The number of carboxylic acids is 1. The number of carbonyl (C=O) groups is 2. The molecule has 2 aliphatic rings. The minimum atomic E-state index is -1.22. The van der Waals surface area contributed by atoms with Crippen LogP contribution in [-0.4, -0.2) is 33.9 Å².